The van der Waals surface area contributed by atoms with Crippen molar-refractivity contribution in [3.63, 3.8) is 0 Å². The number of hydrogen-bond acceptors (Lipinski definition) is 8. The molecule has 2 atom stereocenters. The lowest BCUT2D eigenvalue weighted by atomic mass is 10.2. The van der Waals surface area contributed by atoms with Crippen LogP contribution in [0.4, 0.5) is 11.4 Å². The van der Waals surface area contributed by atoms with Crippen molar-refractivity contribution in [2.75, 3.05) is 10.6 Å². The van der Waals surface area contributed by atoms with E-state index in [0.29, 0.717) is 34.0 Å². The predicted molar refractivity (Wildman–Crippen MR) is 121 cm³/mol. The molecule has 0 radical (unpaired) electrons. The first-order valence-electron chi connectivity index (χ1n) is 9.50. The Kier molecular flexibility index (Phi) is 5.54. The van der Waals surface area contributed by atoms with Gasteiger partial charge < -0.3 is 16.2 Å². The Morgan fingerprint density at radius 1 is 0.844 bits per heavy atom. The quantitative estimate of drug-likeness (QED) is 0.250. The van der Waals surface area contributed by atoms with E-state index >= 15 is 0 Å². The molecule has 4 N–H and O–H groups in total. The zero-order valence-electron chi connectivity index (χ0n) is 16.9. The Hall–Kier alpha value is -1.84. The predicted octanol–water partition coefficient (Wildman–Crippen LogP) is 4.08. The Morgan fingerprint density at radius 3 is 1.53 bits per heavy atom. The first kappa shape index (κ1) is 23.3. The number of hydrogen-bond donors (Lipinski definition) is 4. The smallest absolute Gasteiger partial charge is 0.294 e. The summed E-state index contributed by atoms with van der Waals surface area (Å²) in [6, 6.07) is 8.29. The number of benzene rings is 2. The maximum absolute atomic E-state index is 11.5. The summed E-state index contributed by atoms with van der Waals surface area (Å²) in [5, 5.41) is 6.50. The number of thioether (sulfide) groups is 2. The minimum Gasteiger partial charge on any atom is -0.501 e. The largest absolute Gasteiger partial charge is 0.501 e. The minimum atomic E-state index is -4.38. The lowest BCUT2D eigenvalue weighted by Gasteiger charge is -2.38. The molecule has 2 aliphatic rings. The van der Waals surface area contributed by atoms with Crippen LogP contribution in [0, 0.1) is 0 Å². The zero-order chi connectivity index (χ0) is 23.5. The van der Waals surface area contributed by atoms with Gasteiger partial charge in [-0.25, -0.2) is 0 Å². The normalized spacial score (nSPS) is 24.4. The molecule has 0 saturated heterocycles. The van der Waals surface area contributed by atoms with Gasteiger partial charge in [0.05, 0.1) is 21.2 Å². The first-order chi connectivity index (χ1) is 14.8. The van der Waals surface area contributed by atoms with Crippen molar-refractivity contribution < 1.29 is 30.6 Å². The number of rotatable bonds is 6. The summed E-state index contributed by atoms with van der Waals surface area (Å²) in [6.45, 7) is 3.71. The minimum absolute atomic E-state index is 0.245. The molecule has 2 unspecified atom stereocenters. The molecule has 0 spiro atoms. The Morgan fingerprint density at radius 2 is 1.22 bits per heavy atom. The molecule has 2 aliphatic heterocycles. The van der Waals surface area contributed by atoms with Crippen molar-refractivity contribution in [3.05, 3.63) is 41.9 Å². The molecule has 0 saturated carbocycles. The molecule has 32 heavy (non-hydrogen) atoms. The molecular weight excluding hydrogens is 496 g/mol. The second kappa shape index (κ2) is 7.60. The van der Waals surface area contributed by atoms with Crippen molar-refractivity contribution in [2.24, 2.45) is 0 Å². The van der Waals surface area contributed by atoms with Crippen molar-refractivity contribution >= 4 is 55.1 Å². The third kappa shape index (κ3) is 3.78. The highest BCUT2D eigenvalue weighted by Crippen LogP contribution is 2.55. The van der Waals surface area contributed by atoms with Crippen LogP contribution in [-0.2, 0) is 20.2 Å². The summed E-state index contributed by atoms with van der Waals surface area (Å²) in [7, 11) is -8.75. The van der Waals surface area contributed by atoms with Crippen LogP contribution < -0.4 is 10.6 Å². The molecular formula is C18H20N4O6S4. The Balaban J connectivity index is 1.70. The van der Waals surface area contributed by atoms with Gasteiger partial charge in [0, 0.05) is 22.6 Å². The van der Waals surface area contributed by atoms with Gasteiger partial charge in [-0.05, 0) is 59.9 Å². The molecule has 0 bridgehead atoms. The van der Waals surface area contributed by atoms with Gasteiger partial charge in [-0.1, -0.05) is 13.8 Å². The number of anilines is 2. The number of fused-ring (bicyclic) bond motifs is 2. The summed E-state index contributed by atoms with van der Waals surface area (Å²) in [5.74, 6) is 0. The van der Waals surface area contributed by atoms with E-state index in [4.69, 9.17) is 0 Å². The van der Waals surface area contributed by atoms with E-state index in [0.717, 1.165) is 4.70 Å². The van der Waals surface area contributed by atoms with E-state index in [1.165, 1.54) is 59.9 Å². The maximum atomic E-state index is 11.5. The average molecular weight is 517 g/mol. The van der Waals surface area contributed by atoms with Gasteiger partial charge in [-0.2, -0.15) is 16.8 Å². The van der Waals surface area contributed by atoms with Crippen molar-refractivity contribution in [1.29, 1.82) is 0 Å². The van der Waals surface area contributed by atoms with Gasteiger partial charge >= 0.3 is 0 Å². The lowest BCUT2D eigenvalue weighted by molar-refractivity contribution is -0.634. The van der Waals surface area contributed by atoms with Crippen molar-refractivity contribution in [2.45, 2.75) is 56.3 Å². The van der Waals surface area contributed by atoms with Gasteiger partial charge in [0.1, 0.15) is 0 Å². The van der Waals surface area contributed by atoms with Crippen LogP contribution in [0.3, 0.4) is 0 Å². The number of nitrogens with one attached hydrogen (secondary N) is 2. The van der Waals surface area contributed by atoms with E-state index in [1.54, 1.807) is 0 Å². The highest BCUT2D eigenvalue weighted by atomic mass is 32.2. The average Bonchev–Trinajstić information content (AvgIpc) is 3.30. The molecule has 4 rings (SSSR count). The van der Waals surface area contributed by atoms with E-state index in [-0.39, 0.29) is 9.79 Å². The Bertz CT molecular complexity index is 1250. The van der Waals surface area contributed by atoms with E-state index < -0.39 is 30.2 Å². The van der Waals surface area contributed by atoms with Crippen LogP contribution >= 0.6 is 23.5 Å². The molecule has 0 amide bonds. The molecule has 0 aromatic heterocycles. The standard InChI is InChI=1S/C18H20N4O6S4/c1-3-17(20-13-7-5-11(31(23,24)25)9-15(13)29-17)22(19)18(4-2)21-14-8-6-12(32(26,27)28)10-16(14)30-18/h5-10,20-21H,3-4H2,1-2H3,(H,23,24,25)(H,26,27,28). The summed E-state index contributed by atoms with van der Waals surface area (Å²) in [4.78, 5) is -1.56. The van der Waals surface area contributed by atoms with Crippen LogP contribution in [0.1, 0.15) is 26.7 Å². The topological polar surface area (TPSA) is 158 Å². The molecule has 14 heteroatoms. The summed E-state index contributed by atoms with van der Waals surface area (Å²) in [6.07, 6.45) is 0.807. The fourth-order valence-electron chi connectivity index (χ4n) is 3.64. The van der Waals surface area contributed by atoms with Gasteiger partial charge in [-0.3, -0.25) is 13.8 Å². The zero-order valence-corrected chi connectivity index (χ0v) is 20.2. The Labute approximate surface area is 194 Å². The number of nitrogens with zero attached hydrogens (tertiary/aromatic N) is 2. The molecule has 10 nitrogen and oxygen atoms in total. The fourth-order valence-corrected chi connectivity index (χ4v) is 7.52. The van der Waals surface area contributed by atoms with Gasteiger partial charge in [0.15, 0.2) is 0 Å². The maximum Gasteiger partial charge on any atom is 0.294 e. The first-order valence-corrected chi connectivity index (χ1v) is 14.0. The highest BCUT2D eigenvalue weighted by Gasteiger charge is 2.55. The van der Waals surface area contributed by atoms with Crippen LogP contribution in [0.5, 0.6) is 0 Å². The van der Waals surface area contributed by atoms with Gasteiger partial charge in [0.25, 0.3) is 30.2 Å². The van der Waals surface area contributed by atoms with E-state index in [9.17, 15) is 31.5 Å². The summed E-state index contributed by atoms with van der Waals surface area (Å²) < 4.78 is 65.9. The van der Waals surface area contributed by atoms with Gasteiger partial charge in [0.2, 0.25) is 0 Å². The molecule has 172 valence electrons. The third-order valence-electron chi connectivity index (χ3n) is 5.36. The van der Waals surface area contributed by atoms with Crippen LogP contribution in [0.15, 0.2) is 56.0 Å². The van der Waals surface area contributed by atoms with Crippen LogP contribution in [0.25, 0.3) is 5.53 Å². The molecule has 0 fully saturated rings. The molecule has 2 aromatic carbocycles. The second-order valence-corrected chi connectivity index (χ2v) is 12.8. The molecule has 2 heterocycles. The highest BCUT2D eigenvalue weighted by molar-refractivity contribution is 8.02. The van der Waals surface area contributed by atoms with Crippen molar-refractivity contribution in [3.8, 4) is 0 Å². The monoisotopic (exact) mass is 516 g/mol. The second-order valence-electron chi connectivity index (χ2n) is 7.31. The van der Waals surface area contributed by atoms with Crippen molar-refractivity contribution in [1.82, 2.24) is 0 Å². The van der Waals surface area contributed by atoms with Gasteiger partial charge in [-0.15, -0.1) is 0 Å². The van der Waals surface area contributed by atoms with E-state index in [2.05, 4.69) is 10.6 Å². The van der Waals surface area contributed by atoms with E-state index in [1.807, 2.05) is 13.8 Å². The lowest BCUT2D eigenvalue weighted by Crippen LogP contribution is -2.54. The summed E-state index contributed by atoms with van der Waals surface area (Å²) >= 11 is 2.42. The SMILES string of the molecule is CCC1([N+](=[N-])C2(CC)Nc3ccc(S(=O)(=O)O)cc3S2)Nc2ccc(S(=O)(=O)O)cc2S1. The molecule has 2 aromatic rings. The van der Waals surface area contributed by atoms with Crippen LogP contribution in [-0.4, -0.2) is 40.6 Å². The fraction of sp³-hybridized carbons (Fsp3) is 0.333. The third-order valence-corrected chi connectivity index (χ3v) is 9.98. The molecule has 0 aliphatic carbocycles. The van der Waals surface area contributed by atoms with Crippen LogP contribution in [0.2, 0.25) is 0 Å². The summed E-state index contributed by atoms with van der Waals surface area (Å²) in [5.41, 5.74) is 12.7.